The van der Waals surface area contributed by atoms with Gasteiger partial charge in [-0.05, 0) is 25.3 Å². The van der Waals surface area contributed by atoms with Crippen LogP contribution in [0.2, 0.25) is 0 Å². The number of aryl methyl sites for hydroxylation is 1. The van der Waals surface area contributed by atoms with Gasteiger partial charge in [-0.25, -0.2) is 4.98 Å². The first-order valence-electron chi connectivity index (χ1n) is 6.28. The highest BCUT2D eigenvalue weighted by molar-refractivity contribution is 4.95. The van der Waals surface area contributed by atoms with E-state index >= 15 is 0 Å². The van der Waals surface area contributed by atoms with Gasteiger partial charge in [-0.3, -0.25) is 5.10 Å². The van der Waals surface area contributed by atoms with Gasteiger partial charge in [0.15, 0.2) is 5.82 Å². The van der Waals surface area contributed by atoms with Crippen molar-refractivity contribution in [1.82, 2.24) is 15.2 Å². The molecule has 0 bridgehead atoms. The predicted molar refractivity (Wildman–Crippen MR) is 66.2 cm³/mol. The standard InChI is InChI=1S/C12H24N4/c1-4-10(7-8-13)5-6-11-14-12(9(2)3)16-15-11/h9-10H,4-8,13H2,1-3H3,(H,14,15,16). The zero-order valence-electron chi connectivity index (χ0n) is 10.7. The van der Waals surface area contributed by atoms with Crippen molar-refractivity contribution >= 4 is 0 Å². The second kappa shape index (κ2) is 6.63. The molecule has 1 rings (SSSR count). The maximum Gasteiger partial charge on any atom is 0.153 e. The molecule has 0 aliphatic heterocycles. The van der Waals surface area contributed by atoms with Crippen LogP contribution in [-0.4, -0.2) is 21.7 Å². The fourth-order valence-corrected chi connectivity index (χ4v) is 1.81. The summed E-state index contributed by atoms with van der Waals surface area (Å²) in [6.07, 6.45) is 4.45. The van der Waals surface area contributed by atoms with E-state index in [1.54, 1.807) is 0 Å². The lowest BCUT2D eigenvalue weighted by Crippen LogP contribution is -2.09. The van der Waals surface area contributed by atoms with Gasteiger partial charge in [-0.1, -0.05) is 27.2 Å². The summed E-state index contributed by atoms with van der Waals surface area (Å²) in [5.74, 6) is 3.05. The van der Waals surface area contributed by atoms with Crippen molar-refractivity contribution in [1.29, 1.82) is 0 Å². The van der Waals surface area contributed by atoms with E-state index in [1.807, 2.05) is 0 Å². The Bertz CT molecular complexity index is 293. The number of hydrogen-bond acceptors (Lipinski definition) is 3. The number of rotatable bonds is 7. The van der Waals surface area contributed by atoms with E-state index in [2.05, 4.69) is 36.0 Å². The van der Waals surface area contributed by atoms with E-state index in [0.29, 0.717) is 5.92 Å². The molecule has 0 saturated carbocycles. The first-order valence-corrected chi connectivity index (χ1v) is 6.28. The Kier molecular flexibility index (Phi) is 5.46. The Labute approximate surface area is 98.0 Å². The molecule has 1 unspecified atom stereocenters. The molecule has 0 saturated heterocycles. The Hall–Kier alpha value is -0.900. The lowest BCUT2D eigenvalue weighted by Gasteiger charge is -2.11. The van der Waals surface area contributed by atoms with Crippen molar-refractivity contribution < 1.29 is 0 Å². The van der Waals surface area contributed by atoms with Crippen molar-refractivity contribution in [3.05, 3.63) is 11.6 Å². The van der Waals surface area contributed by atoms with Crippen LogP contribution in [-0.2, 0) is 6.42 Å². The van der Waals surface area contributed by atoms with Gasteiger partial charge in [0.25, 0.3) is 0 Å². The highest BCUT2D eigenvalue weighted by atomic mass is 15.2. The largest absolute Gasteiger partial charge is 0.330 e. The number of nitrogens with one attached hydrogen (secondary N) is 1. The summed E-state index contributed by atoms with van der Waals surface area (Å²) in [7, 11) is 0. The van der Waals surface area contributed by atoms with E-state index in [1.165, 1.54) is 6.42 Å². The summed E-state index contributed by atoms with van der Waals surface area (Å²) in [5, 5.41) is 7.22. The Morgan fingerprint density at radius 1 is 1.31 bits per heavy atom. The molecule has 92 valence electrons. The van der Waals surface area contributed by atoms with Gasteiger partial charge in [-0.15, -0.1) is 0 Å². The monoisotopic (exact) mass is 224 g/mol. The fraction of sp³-hybridized carbons (Fsp3) is 0.833. The fourth-order valence-electron chi connectivity index (χ4n) is 1.81. The van der Waals surface area contributed by atoms with Crippen molar-refractivity contribution in [3.63, 3.8) is 0 Å². The lowest BCUT2D eigenvalue weighted by molar-refractivity contribution is 0.439. The number of aromatic amines is 1. The molecule has 0 spiro atoms. The molecule has 0 aliphatic rings. The summed E-state index contributed by atoms with van der Waals surface area (Å²) in [5.41, 5.74) is 5.58. The molecule has 0 aliphatic carbocycles. The second-order valence-electron chi connectivity index (χ2n) is 4.69. The molecular weight excluding hydrogens is 200 g/mol. The molecule has 1 atom stereocenters. The molecule has 0 amide bonds. The van der Waals surface area contributed by atoms with Crippen LogP contribution in [0.1, 0.15) is 57.6 Å². The molecular formula is C12H24N4. The SMILES string of the molecule is CCC(CCN)CCc1nc(C(C)C)n[nH]1. The van der Waals surface area contributed by atoms with E-state index in [4.69, 9.17) is 5.73 Å². The first kappa shape index (κ1) is 13.2. The Balaban J connectivity index is 2.41. The number of aromatic nitrogens is 3. The third-order valence-electron chi connectivity index (χ3n) is 3.01. The predicted octanol–water partition coefficient (Wildman–Crippen LogP) is 2.24. The van der Waals surface area contributed by atoms with Crippen LogP contribution >= 0.6 is 0 Å². The minimum Gasteiger partial charge on any atom is -0.330 e. The smallest absolute Gasteiger partial charge is 0.153 e. The van der Waals surface area contributed by atoms with Crippen LogP contribution in [0.25, 0.3) is 0 Å². The minimum absolute atomic E-state index is 0.399. The van der Waals surface area contributed by atoms with Gasteiger partial charge in [0.2, 0.25) is 0 Å². The van der Waals surface area contributed by atoms with Crippen LogP contribution in [0.5, 0.6) is 0 Å². The van der Waals surface area contributed by atoms with Crippen molar-refractivity contribution in [2.24, 2.45) is 11.7 Å². The molecule has 1 heterocycles. The molecule has 4 heteroatoms. The number of H-pyrrole nitrogens is 1. The van der Waals surface area contributed by atoms with Crippen LogP contribution in [0.4, 0.5) is 0 Å². The molecule has 1 aromatic heterocycles. The molecule has 4 nitrogen and oxygen atoms in total. The maximum absolute atomic E-state index is 5.58. The van der Waals surface area contributed by atoms with E-state index in [-0.39, 0.29) is 0 Å². The number of nitrogens with zero attached hydrogens (tertiary/aromatic N) is 2. The summed E-state index contributed by atoms with van der Waals surface area (Å²) >= 11 is 0. The normalized spacial score (nSPS) is 13.3. The van der Waals surface area contributed by atoms with Crippen LogP contribution in [0, 0.1) is 5.92 Å². The number of hydrogen-bond donors (Lipinski definition) is 2. The quantitative estimate of drug-likeness (QED) is 0.746. The van der Waals surface area contributed by atoms with Crippen molar-refractivity contribution in [2.75, 3.05) is 6.54 Å². The summed E-state index contributed by atoms with van der Waals surface area (Å²) in [4.78, 5) is 4.48. The molecule has 0 aromatic carbocycles. The zero-order valence-corrected chi connectivity index (χ0v) is 10.7. The Morgan fingerprint density at radius 3 is 2.56 bits per heavy atom. The van der Waals surface area contributed by atoms with Gasteiger partial charge < -0.3 is 5.73 Å². The van der Waals surface area contributed by atoms with E-state index < -0.39 is 0 Å². The summed E-state index contributed by atoms with van der Waals surface area (Å²) in [6, 6.07) is 0. The van der Waals surface area contributed by atoms with Gasteiger partial charge in [-0.2, -0.15) is 5.10 Å². The number of nitrogens with two attached hydrogens (primary N) is 1. The average molecular weight is 224 g/mol. The molecule has 16 heavy (non-hydrogen) atoms. The summed E-state index contributed by atoms with van der Waals surface area (Å²) < 4.78 is 0. The molecule has 0 radical (unpaired) electrons. The van der Waals surface area contributed by atoms with Crippen LogP contribution < -0.4 is 5.73 Å². The van der Waals surface area contributed by atoms with Gasteiger partial charge in [0, 0.05) is 12.3 Å². The zero-order chi connectivity index (χ0) is 12.0. The topological polar surface area (TPSA) is 67.6 Å². The maximum atomic E-state index is 5.58. The van der Waals surface area contributed by atoms with Gasteiger partial charge in [0.1, 0.15) is 5.82 Å². The van der Waals surface area contributed by atoms with Crippen LogP contribution in [0.3, 0.4) is 0 Å². The second-order valence-corrected chi connectivity index (χ2v) is 4.69. The lowest BCUT2D eigenvalue weighted by atomic mass is 9.96. The highest BCUT2D eigenvalue weighted by Crippen LogP contribution is 2.15. The van der Waals surface area contributed by atoms with Crippen LogP contribution in [0.15, 0.2) is 0 Å². The van der Waals surface area contributed by atoms with E-state index in [0.717, 1.165) is 43.4 Å². The minimum atomic E-state index is 0.399. The third-order valence-corrected chi connectivity index (χ3v) is 3.01. The van der Waals surface area contributed by atoms with Crippen molar-refractivity contribution in [3.8, 4) is 0 Å². The van der Waals surface area contributed by atoms with Gasteiger partial charge in [0.05, 0.1) is 0 Å². The molecule has 3 N–H and O–H groups in total. The average Bonchev–Trinajstić information content (AvgIpc) is 2.73. The molecule has 1 aromatic rings. The first-order chi connectivity index (χ1) is 7.67. The Morgan fingerprint density at radius 2 is 2.06 bits per heavy atom. The highest BCUT2D eigenvalue weighted by Gasteiger charge is 2.09. The molecule has 0 fully saturated rings. The third kappa shape index (κ3) is 3.93. The summed E-state index contributed by atoms with van der Waals surface area (Å²) in [6.45, 7) is 7.22. The van der Waals surface area contributed by atoms with Gasteiger partial charge >= 0.3 is 0 Å². The van der Waals surface area contributed by atoms with Crippen molar-refractivity contribution in [2.45, 2.75) is 52.4 Å². The van der Waals surface area contributed by atoms with E-state index in [9.17, 15) is 0 Å².